The summed E-state index contributed by atoms with van der Waals surface area (Å²) in [7, 11) is 0. The van der Waals surface area contributed by atoms with E-state index in [-0.39, 0.29) is 0 Å². The zero-order chi connectivity index (χ0) is 17.4. The number of benzene rings is 1. The van der Waals surface area contributed by atoms with Gasteiger partial charge in [0, 0.05) is 36.0 Å². The van der Waals surface area contributed by atoms with Gasteiger partial charge in [0.25, 0.3) is 0 Å². The minimum Gasteiger partial charge on any atom is -0.342 e. The van der Waals surface area contributed by atoms with E-state index in [1.54, 1.807) is 0 Å². The molecule has 130 valence electrons. The number of rotatable bonds is 4. The summed E-state index contributed by atoms with van der Waals surface area (Å²) in [5.74, 6) is 1.09. The first-order valence-corrected chi connectivity index (χ1v) is 9.27. The molecule has 0 amide bonds. The number of hydrogen-bond donors (Lipinski definition) is 1. The molecule has 1 atom stereocenters. The van der Waals surface area contributed by atoms with E-state index in [4.69, 9.17) is 4.98 Å². The van der Waals surface area contributed by atoms with Crippen LogP contribution in [-0.2, 0) is 6.42 Å². The lowest BCUT2D eigenvalue weighted by Crippen LogP contribution is -2.29. The van der Waals surface area contributed by atoms with E-state index in [2.05, 4.69) is 59.0 Å². The molecule has 1 aliphatic heterocycles. The van der Waals surface area contributed by atoms with Crippen molar-refractivity contribution >= 4 is 11.0 Å². The third-order valence-corrected chi connectivity index (χ3v) is 5.39. The van der Waals surface area contributed by atoms with Crippen LogP contribution in [0.2, 0.25) is 0 Å². The first-order valence-electron chi connectivity index (χ1n) is 9.27. The predicted octanol–water partition coefficient (Wildman–Crippen LogP) is 4.27. The number of hydrogen-bond acceptors (Lipinski definition) is 3. The lowest BCUT2D eigenvalue weighted by molar-refractivity contribution is 0.271. The Balaban J connectivity index is 1.56. The molecule has 3 aromatic rings. The summed E-state index contributed by atoms with van der Waals surface area (Å²) >= 11 is 0. The second kappa shape index (κ2) is 6.60. The number of pyridine rings is 1. The van der Waals surface area contributed by atoms with Gasteiger partial charge in [-0.25, -0.2) is 4.98 Å². The molecule has 1 aromatic carbocycles. The monoisotopic (exact) mass is 334 g/mol. The second-order valence-corrected chi connectivity index (χ2v) is 7.28. The maximum absolute atomic E-state index is 4.83. The molecule has 4 rings (SSSR count). The summed E-state index contributed by atoms with van der Waals surface area (Å²) in [6.07, 6.45) is 3.64. The topological polar surface area (TPSA) is 44.8 Å². The van der Waals surface area contributed by atoms with E-state index < -0.39 is 0 Å². The van der Waals surface area contributed by atoms with E-state index in [1.807, 2.05) is 6.92 Å². The van der Waals surface area contributed by atoms with Crippen molar-refractivity contribution in [2.75, 3.05) is 13.1 Å². The molecule has 4 heteroatoms. The first kappa shape index (κ1) is 16.3. The molecule has 25 heavy (non-hydrogen) atoms. The van der Waals surface area contributed by atoms with Gasteiger partial charge in [-0.15, -0.1) is 0 Å². The molecule has 3 heterocycles. The Morgan fingerprint density at radius 2 is 2.04 bits per heavy atom. The maximum atomic E-state index is 4.83. The van der Waals surface area contributed by atoms with E-state index in [0.29, 0.717) is 6.04 Å². The average Bonchev–Trinajstić information content (AvgIpc) is 3.17. The first-order chi connectivity index (χ1) is 12.1. The summed E-state index contributed by atoms with van der Waals surface area (Å²) in [6, 6.07) is 11.4. The molecule has 2 aromatic heterocycles. The molecule has 0 bridgehead atoms. The number of aromatic amines is 1. The van der Waals surface area contributed by atoms with E-state index >= 15 is 0 Å². The molecule has 0 spiro atoms. The van der Waals surface area contributed by atoms with Gasteiger partial charge >= 0.3 is 0 Å². The molecule has 0 saturated carbocycles. The van der Waals surface area contributed by atoms with E-state index in [1.165, 1.54) is 30.5 Å². The summed E-state index contributed by atoms with van der Waals surface area (Å²) in [5, 5.41) is 0. The Bertz CT molecular complexity index is 896. The third kappa shape index (κ3) is 3.31. The van der Waals surface area contributed by atoms with Crippen molar-refractivity contribution in [1.82, 2.24) is 19.9 Å². The van der Waals surface area contributed by atoms with Gasteiger partial charge in [-0.3, -0.25) is 4.98 Å². The van der Waals surface area contributed by atoms with Crippen LogP contribution < -0.4 is 0 Å². The van der Waals surface area contributed by atoms with Crippen molar-refractivity contribution in [3.8, 4) is 11.1 Å². The van der Waals surface area contributed by atoms with Crippen molar-refractivity contribution in [3.05, 3.63) is 47.5 Å². The molecule has 4 nitrogen and oxygen atoms in total. The summed E-state index contributed by atoms with van der Waals surface area (Å²) in [5.41, 5.74) is 6.65. The minimum absolute atomic E-state index is 0.716. The zero-order valence-corrected chi connectivity index (χ0v) is 15.3. The highest BCUT2D eigenvalue weighted by atomic mass is 15.2. The molecule has 1 fully saturated rings. The van der Waals surface area contributed by atoms with Crippen LogP contribution >= 0.6 is 0 Å². The Kier molecular flexibility index (Phi) is 4.30. The summed E-state index contributed by atoms with van der Waals surface area (Å²) in [6.45, 7) is 8.75. The normalized spacial score (nSPS) is 18.3. The number of nitrogens with zero attached hydrogens (tertiary/aromatic N) is 3. The van der Waals surface area contributed by atoms with Crippen LogP contribution in [-0.4, -0.2) is 39.0 Å². The van der Waals surface area contributed by atoms with Gasteiger partial charge < -0.3 is 9.88 Å². The Labute approximate surface area is 149 Å². The Morgan fingerprint density at radius 3 is 2.80 bits per heavy atom. The molecular weight excluding hydrogens is 308 g/mol. The fourth-order valence-electron chi connectivity index (χ4n) is 3.91. The van der Waals surface area contributed by atoms with Gasteiger partial charge in [0.05, 0.1) is 11.0 Å². The highest BCUT2D eigenvalue weighted by Gasteiger charge is 2.19. The van der Waals surface area contributed by atoms with Crippen molar-refractivity contribution < 1.29 is 0 Å². The van der Waals surface area contributed by atoms with Crippen LogP contribution in [0.5, 0.6) is 0 Å². The van der Waals surface area contributed by atoms with Crippen molar-refractivity contribution in [1.29, 1.82) is 0 Å². The summed E-state index contributed by atoms with van der Waals surface area (Å²) < 4.78 is 0. The van der Waals surface area contributed by atoms with Crippen LogP contribution in [0.25, 0.3) is 22.2 Å². The smallest absolute Gasteiger partial charge is 0.108 e. The Hall–Kier alpha value is -2.20. The molecule has 0 radical (unpaired) electrons. The fourth-order valence-corrected chi connectivity index (χ4v) is 3.91. The molecule has 1 saturated heterocycles. The predicted molar refractivity (Wildman–Crippen MR) is 103 cm³/mol. The Morgan fingerprint density at radius 1 is 1.16 bits per heavy atom. The second-order valence-electron chi connectivity index (χ2n) is 7.28. The van der Waals surface area contributed by atoms with E-state index in [0.717, 1.165) is 41.2 Å². The van der Waals surface area contributed by atoms with Gasteiger partial charge in [0.2, 0.25) is 0 Å². The van der Waals surface area contributed by atoms with Crippen LogP contribution in [0.3, 0.4) is 0 Å². The van der Waals surface area contributed by atoms with Gasteiger partial charge in [0.1, 0.15) is 5.82 Å². The average molecular weight is 334 g/mol. The number of fused-ring (bicyclic) bond motifs is 1. The van der Waals surface area contributed by atoms with Gasteiger partial charge in [-0.1, -0.05) is 12.1 Å². The van der Waals surface area contributed by atoms with Crippen LogP contribution in [0, 0.1) is 13.8 Å². The standard InChI is InChI=1S/C21H26N4/c1-14-6-8-18(16(3)22-14)17-7-9-19-20(13-17)24-21(23-19)10-12-25-11-4-5-15(25)2/h6-9,13,15H,4-5,10-12H2,1-3H3,(H,23,24). The number of imidazole rings is 1. The number of H-pyrrole nitrogens is 1. The lowest BCUT2D eigenvalue weighted by Gasteiger charge is -2.19. The number of likely N-dealkylation sites (tertiary alicyclic amines) is 1. The van der Waals surface area contributed by atoms with Gasteiger partial charge in [0.15, 0.2) is 0 Å². The number of nitrogens with one attached hydrogen (secondary N) is 1. The molecule has 1 N–H and O–H groups in total. The lowest BCUT2D eigenvalue weighted by atomic mass is 10.0. The minimum atomic E-state index is 0.716. The van der Waals surface area contributed by atoms with Gasteiger partial charge in [-0.05, 0) is 63.9 Å². The SMILES string of the molecule is Cc1ccc(-c2ccc3[nH]c(CCN4CCCC4C)nc3c2)c(C)n1. The molecule has 1 unspecified atom stereocenters. The zero-order valence-electron chi connectivity index (χ0n) is 15.3. The fraction of sp³-hybridized carbons (Fsp3) is 0.429. The number of aromatic nitrogens is 3. The molecule has 0 aliphatic carbocycles. The summed E-state index contributed by atoms with van der Waals surface area (Å²) in [4.78, 5) is 15.5. The number of aryl methyl sites for hydroxylation is 2. The van der Waals surface area contributed by atoms with Crippen LogP contribution in [0.4, 0.5) is 0 Å². The van der Waals surface area contributed by atoms with Gasteiger partial charge in [-0.2, -0.15) is 0 Å². The van der Waals surface area contributed by atoms with E-state index in [9.17, 15) is 0 Å². The highest BCUT2D eigenvalue weighted by molar-refractivity contribution is 5.82. The molecule has 1 aliphatic rings. The quantitative estimate of drug-likeness (QED) is 0.775. The van der Waals surface area contributed by atoms with Crippen LogP contribution in [0.15, 0.2) is 30.3 Å². The highest BCUT2D eigenvalue weighted by Crippen LogP contribution is 2.26. The van der Waals surface area contributed by atoms with Crippen LogP contribution in [0.1, 0.15) is 37.0 Å². The van der Waals surface area contributed by atoms with Crippen molar-refractivity contribution in [3.63, 3.8) is 0 Å². The van der Waals surface area contributed by atoms with Crippen molar-refractivity contribution in [2.45, 2.75) is 46.1 Å². The van der Waals surface area contributed by atoms with Crippen molar-refractivity contribution in [2.24, 2.45) is 0 Å². The third-order valence-electron chi connectivity index (χ3n) is 5.39. The molecular formula is C21H26N4. The largest absolute Gasteiger partial charge is 0.342 e. The maximum Gasteiger partial charge on any atom is 0.108 e.